The minimum atomic E-state index is -0.170. The number of hydrogen-bond acceptors (Lipinski definition) is 5. The van der Waals surface area contributed by atoms with E-state index in [0.717, 1.165) is 19.6 Å². The standard InChI is InChI=1S/C19H30N2O4/c1-13-8-14(2)12-21(11-13)7-6-20-19(22)15-9-17(24-4)18(25-5)10-16(15)23-3/h9-10,13-14H,6-8,11-12H2,1-5H3,(H,20,22). The summed E-state index contributed by atoms with van der Waals surface area (Å²) in [6.07, 6.45) is 1.28. The number of nitrogens with one attached hydrogen (secondary N) is 1. The van der Waals surface area contributed by atoms with E-state index in [2.05, 4.69) is 24.1 Å². The van der Waals surface area contributed by atoms with Crippen molar-refractivity contribution in [2.45, 2.75) is 20.3 Å². The van der Waals surface area contributed by atoms with Gasteiger partial charge in [0.1, 0.15) is 5.75 Å². The maximum atomic E-state index is 12.6. The van der Waals surface area contributed by atoms with Crippen molar-refractivity contribution in [1.82, 2.24) is 10.2 Å². The van der Waals surface area contributed by atoms with Crippen molar-refractivity contribution in [2.75, 3.05) is 47.5 Å². The van der Waals surface area contributed by atoms with Gasteiger partial charge in [0.25, 0.3) is 5.91 Å². The number of rotatable bonds is 7. The summed E-state index contributed by atoms with van der Waals surface area (Å²) in [5.74, 6) is 2.77. The van der Waals surface area contributed by atoms with Gasteiger partial charge in [0.15, 0.2) is 11.5 Å². The minimum Gasteiger partial charge on any atom is -0.496 e. The Morgan fingerprint density at radius 1 is 1.04 bits per heavy atom. The molecule has 1 fully saturated rings. The van der Waals surface area contributed by atoms with Gasteiger partial charge in [-0.3, -0.25) is 4.79 Å². The molecule has 25 heavy (non-hydrogen) atoms. The van der Waals surface area contributed by atoms with Crippen LogP contribution >= 0.6 is 0 Å². The molecule has 1 N–H and O–H groups in total. The summed E-state index contributed by atoms with van der Waals surface area (Å²) in [6, 6.07) is 3.32. The van der Waals surface area contributed by atoms with Crippen LogP contribution in [0.5, 0.6) is 17.2 Å². The molecule has 0 bridgehead atoms. The number of hydrogen-bond donors (Lipinski definition) is 1. The molecular formula is C19H30N2O4. The van der Waals surface area contributed by atoms with Crippen LogP contribution in [-0.2, 0) is 0 Å². The van der Waals surface area contributed by atoms with Crippen LogP contribution in [0.15, 0.2) is 12.1 Å². The Morgan fingerprint density at radius 3 is 2.16 bits per heavy atom. The lowest BCUT2D eigenvalue weighted by Gasteiger charge is -2.34. The number of methoxy groups -OCH3 is 3. The first kappa shape index (κ1) is 19.4. The highest BCUT2D eigenvalue weighted by molar-refractivity contribution is 5.97. The molecule has 2 unspecified atom stereocenters. The molecule has 0 radical (unpaired) electrons. The lowest BCUT2D eigenvalue weighted by molar-refractivity contribution is 0.0933. The zero-order valence-corrected chi connectivity index (χ0v) is 15.9. The number of carbonyl (C=O) groups excluding carboxylic acids is 1. The third-order valence-corrected chi connectivity index (χ3v) is 4.61. The fraction of sp³-hybridized carbons (Fsp3) is 0.632. The van der Waals surface area contributed by atoms with E-state index in [1.807, 2.05) is 0 Å². The first-order chi connectivity index (χ1) is 12.0. The van der Waals surface area contributed by atoms with E-state index in [-0.39, 0.29) is 5.91 Å². The van der Waals surface area contributed by atoms with Crippen molar-refractivity contribution in [2.24, 2.45) is 11.8 Å². The van der Waals surface area contributed by atoms with Gasteiger partial charge in [0.05, 0.1) is 26.9 Å². The number of likely N-dealkylation sites (tertiary alicyclic amines) is 1. The van der Waals surface area contributed by atoms with E-state index in [9.17, 15) is 4.79 Å². The zero-order valence-electron chi connectivity index (χ0n) is 15.9. The molecule has 0 saturated carbocycles. The van der Waals surface area contributed by atoms with Crippen LogP contribution in [0, 0.1) is 11.8 Å². The summed E-state index contributed by atoms with van der Waals surface area (Å²) >= 11 is 0. The molecule has 1 aliphatic rings. The second-order valence-corrected chi connectivity index (χ2v) is 6.87. The number of amides is 1. The van der Waals surface area contributed by atoms with Gasteiger partial charge >= 0.3 is 0 Å². The molecule has 1 aromatic rings. The van der Waals surface area contributed by atoms with Gasteiger partial charge in [-0.15, -0.1) is 0 Å². The van der Waals surface area contributed by atoms with Crippen molar-refractivity contribution in [3.8, 4) is 17.2 Å². The summed E-state index contributed by atoms with van der Waals surface area (Å²) in [4.78, 5) is 15.0. The molecule has 0 aromatic heterocycles. The Labute approximate surface area is 150 Å². The zero-order chi connectivity index (χ0) is 18.4. The topological polar surface area (TPSA) is 60.0 Å². The Hall–Kier alpha value is -1.95. The minimum absolute atomic E-state index is 0.170. The third-order valence-electron chi connectivity index (χ3n) is 4.61. The van der Waals surface area contributed by atoms with Crippen LogP contribution in [-0.4, -0.2) is 58.3 Å². The fourth-order valence-electron chi connectivity index (χ4n) is 3.60. The number of carbonyl (C=O) groups is 1. The van der Waals surface area contributed by atoms with E-state index >= 15 is 0 Å². The lowest BCUT2D eigenvalue weighted by atomic mass is 9.92. The molecule has 140 valence electrons. The summed E-state index contributed by atoms with van der Waals surface area (Å²) in [5, 5.41) is 2.98. The summed E-state index contributed by atoms with van der Waals surface area (Å²) in [6.45, 7) is 8.23. The monoisotopic (exact) mass is 350 g/mol. The summed E-state index contributed by atoms with van der Waals surface area (Å²) in [5.41, 5.74) is 0.445. The predicted molar refractivity (Wildman–Crippen MR) is 97.8 cm³/mol. The molecule has 6 heteroatoms. The largest absolute Gasteiger partial charge is 0.496 e. The van der Waals surface area contributed by atoms with Crippen LogP contribution in [0.1, 0.15) is 30.6 Å². The molecular weight excluding hydrogens is 320 g/mol. The van der Waals surface area contributed by atoms with Gasteiger partial charge < -0.3 is 24.4 Å². The van der Waals surface area contributed by atoms with Gasteiger partial charge in [0.2, 0.25) is 0 Å². The smallest absolute Gasteiger partial charge is 0.255 e. The first-order valence-corrected chi connectivity index (χ1v) is 8.79. The molecule has 0 aliphatic carbocycles. The van der Waals surface area contributed by atoms with Crippen molar-refractivity contribution >= 4 is 5.91 Å². The van der Waals surface area contributed by atoms with Crippen molar-refractivity contribution in [3.63, 3.8) is 0 Å². The van der Waals surface area contributed by atoms with Crippen LogP contribution in [0.2, 0.25) is 0 Å². The number of piperidine rings is 1. The van der Waals surface area contributed by atoms with Crippen LogP contribution in [0.4, 0.5) is 0 Å². The average molecular weight is 350 g/mol. The van der Waals surface area contributed by atoms with Crippen molar-refractivity contribution in [1.29, 1.82) is 0 Å². The Balaban J connectivity index is 1.98. The number of ether oxygens (including phenoxy) is 3. The van der Waals surface area contributed by atoms with Gasteiger partial charge in [-0.25, -0.2) is 0 Å². The highest BCUT2D eigenvalue weighted by Gasteiger charge is 2.22. The Kier molecular flexibility index (Phi) is 6.93. The molecule has 6 nitrogen and oxygen atoms in total. The molecule has 1 aliphatic heterocycles. The van der Waals surface area contributed by atoms with Gasteiger partial charge in [0, 0.05) is 38.3 Å². The second-order valence-electron chi connectivity index (χ2n) is 6.87. The molecule has 1 heterocycles. The molecule has 2 atom stereocenters. The third kappa shape index (κ3) is 5.01. The Bertz CT molecular complexity index is 581. The molecule has 0 spiro atoms. The fourth-order valence-corrected chi connectivity index (χ4v) is 3.60. The average Bonchev–Trinajstić information content (AvgIpc) is 2.59. The van der Waals surface area contributed by atoms with E-state index in [1.165, 1.54) is 13.5 Å². The molecule has 2 rings (SSSR count). The second kappa shape index (κ2) is 8.94. The van der Waals surface area contributed by atoms with Crippen LogP contribution in [0.25, 0.3) is 0 Å². The normalized spacial score (nSPS) is 20.8. The maximum absolute atomic E-state index is 12.6. The molecule has 1 saturated heterocycles. The lowest BCUT2D eigenvalue weighted by Crippen LogP contribution is -2.42. The summed E-state index contributed by atoms with van der Waals surface area (Å²) < 4.78 is 15.9. The first-order valence-electron chi connectivity index (χ1n) is 8.79. The Morgan fingerprint density at radius 2 is 1.60 bits per heavy atom. The maximum Gasteiger partial charge on any atom is 0.255 e. The SMILES string of the molecule is COc1cc(OC)c(C(=O)NCCN2CC(C)CC(C)C2)cc1OC. The van der Waals surface area contributed by atoms with Crippen LogP contribution < -0.4 is 19.5 Å². The highest BCUT2D eigenvalue weighted by atomic mass is 16.5. The molecule has 1 amide bonds. The van der Waals surface area contributed by atoms with Gasteiger partial charge in [-0.2, -0.15) is 0 Å². The van der Waals surface area contributed by atoms with Gasteiger partial charge in [-0.1, -0.05) is 13.8 Å². The summed E-state index contributed by atoms with van der Waals surface area (Å²) in [7, 11) is 4.64. The van der Waals surface area contributed by atoms with Crippen LogP contribution in [0.3, 0.4) is 0 Å². The highest BCUT2D eigenvalue weighted by Crippen LogP contribution is 2.34. The van der Waals surface area contributed by atoms with E-state index in [1.54, 1.807) is 26.4 Å². The number of nitrogens with zero attached hydrogens (tertiary/aromatic N) is 1. The van der Waals surface area contributed by atoms with Gasteiger partial charge in [-0.05, 0) is 18.3 Å². The van der Waals surface area contributed by atoms with E-state index in [0.29, 0.717) is 41.2 Å². The van der Waals surface area contributed by atoms with E-state index < -0.39 is 0 Å². The number of benzene rings is 1. The van der Waals surface area contributed by atoms with Crippen molar-refractivity contribution in [3.05, 3.63) is 17.7 Å². The predicted octanol–water partition coefficient (Wildman–Crippen LogP) is 2.42. The quantitative estimate of drug-likeness (QED) is 0.818. The molecule has 1 aromatic carbocycles. The van der Waals surface area contributed by atoms with E-state index in [4.69, 9.17) is 14.2 Å². The van der Waals surface area contributed by atoms with Crippen molar-refractivity contribution < 1.29 is 19.0 Å².